The molecular formula is C16H20FNO4. The van der Waals surface area contributed by atoms with E-state index >= 15 is 0 Å². The van der Waals surface area contributed by atoms with Crippen molar-refractivity contribution in [2.24, 2.45) is 11.3 Å². The van der Waals surface area contributed by atoms with Gasteiger partial charge in [-0.3, -0.25) is 9.69 Å². The maximum Gasteiger partial charge on any atom is 0.313 e. The third kappa shape index (κ3) is 2.57. The molecule has 3 rings (SSSR count). The molecule has 22 heavy (non-hydrogen) atoms. The van der Waals surface area contributed by atoms with Crippen molar-refractivity contribution >= 4 is 5.97 Å². The summed E-state index contributed by atoms with van der Waals surface area (Å²) in [4.78, 5) is 13.8. The second kappa shape index (κ2) is 5.85. The number of halogens is 1. The van der Waals surface area contributed by atoms with E-state index in [1.165, 1.54) is 13.2 Å². The fourth-order valence-corrected chi connectivity index (χ4v) is 3.58. The van der Waals surface area contributed by atoms with Crippen LogP contribution in [0.4, 0.5) is 4.39 Å². The Morgan fingerprint density at radius 1 is 1.59 bits per heavy atom. The largest absolute Gasteiger partial charge is 0.494 e. The standard InChI is InChI=1S/C16H20FNO4/c1-21-14-3-2-11(6-13(14)17)7-18-8-12-4-5-22-10-16(12,9-18)15(19)20/h2-3,6,12H,4-5,7-10H2,1H3,(H,19,20)/t12-,16+/m0/s1. The van der Waals surface area contributed by atoms with E-state index in [1.54, 1.807) is 6.07 Å². The van der Waals surface area contributed by atoms with Gasteiger partial charge in [0.05, 0.1) is 13.7 Å². The first-order valence-corrected chi connectivity index (χ1v) is 7.41. The molecule has 1 aromatic carbocycles. The van der Waals surface area contributed by atoms with Crippen LogP contribution in [0.2, 0.25) is 0 Å². The first-order chi connectivity index (χ1) is 10.5. The topological polar surface area (TPSA) is 59.0 Å². The molecule has 0 radical (unpaired) electrons. The van der Waals surface area contributed by atoms with Gasteiger partial charge in [0, 0.05) is 26.2 Å². The number of benzene rings is 1. The lowest BCUT2D eigenvalue weighted by Gasteiger charge is -2.34. The van der Waals surface area contributed by atoms with Gasteiger partial charge in [-0.1, -0.05) is 6.07 Å². The highest BCUT2D eigenvalue weighted by Gasteiger charge is 2.53. The number of carbonyl (C=O) groups is 1. The molecule has 2 saturated heterocycles. The molecule has 6 heteroatoms. The molecule has 2 aliphatic heterocycles. The molecule has 0 amide bonds. The molecule has 0 bridgehead atoms. The Balaban J connectivity index is 1.74. The average Bonchev–Trinajstić information content (AvgIpc) is 2.86. The molecule has 2 atom stereocenters. The molecule has 1 aromatic rings. The van der Waals surface area contributed by atoms with Gasteiger partial charge in [-0.25, -0.2) is 4.39 Å². The summed E-state index contributed by atoms with van der Waals surface area (Å²) in [5.41, 5.74) is 0.00176. The number of nitrogens with zero attached hydrogens (tertiary/aromatic N) is 1. The first-order valence-electron chi connectivity index (χ1n) is 7.41. The van der Waals surface area contributed by atoms with Crippen LogP contribution in [-0.4, -0.2) is 49.4 Å². The molecule has 2 fully saturated rings. The number of carboxylic acid groups (broad SMARTS) is 1. The van der Waals surface area contributed by atoms with Crippen molar-refractivity contribution in [2.45, 2.75) is 13.0 Å². The maximum absolute atomic E-state index is 13.8. The van der Waals surface area contributed by atoms with E-state index in [4.69, 9.17) is 9.47 Å². The minimum atomic E-state index is -0.816. The fourth-order valence-electron chi connectivity index (χ4n) is 3.58. The number of ether oxygens (including phenoxy) is 2. The number of carboxylic acids is 1. The van der Waals surface area contributed by atoms with Gasteiger partial charge in [-0.05, 0) is 30.0 Å². The van der Waals surface area contributed by atoms with E-state index < -0.39 is 17.2 Å². The summed E-state index contributed by atoms with van der Waals surface area (Å²) in [6.07, 6.45) is 0.764. The average molecular weight is 309 g/mol. The Bertz CT molecular complexity index is 579. The molecule has 0 aliphatic carbocycles. The van der Waals surface area contributed by atoms with Gasteiger partial charge in [0.25, 0.3) is 0 Å². The summed E-state index contributed by atoms with van der Waals surface area (Å²) in [7, 11) is 1.43. The quantitative estimate of drug-likeness (QED) is 0.918. The summed E-state index contributed by atoms with van der Waals surface area (Å²) >= 11 is 0. The smallest absolute Gasteiger partial charge is 0.313 e. The first kappa shape index (κ1) is 15.2. The van der Waals surface area contributed by atoms with Crippen LogP contribution in [0, 0.1) is 17.2 Å². The van der Waals surface area contributed by atoms with E-state index in [1.807, 2.05) is 6.07 Å². The number of fused-ring (bicyclic) bond motifs is 1. The Kier molecular flexibility index (Phi) is 4.06. The van der Waals surface area contributed by atoms with Crippen LogP contribution in [0.25, 0.3) is 0 Å². The second-order valence-corrected chi connectivity index (χ2v) is 6.14. The molecule has 120 valence electrons. The number of methoxy groups -OCH3 is 1. The lowest BCUT2D eigenvalue weighted by Crippen LogP contribution is -2.46. The second-order valence-electron chi connectivity index (χ2n) is 6.14. The summed E-state index contributed by atoms with van der Waals surface area (Å²) in [5.74, 6) is -0.871. The highest BCUT2D eigenvalue weighted by Crippen LogP contribution is 2.42. The lowest BCUT2D eigenvalue weighted by molar-refractivity contribution is -0.159. The Morgan fingerprint density at radius 3 is 3.05 bits per heavy atom. The van der Waals surface area contributed by atoms with Crippen molar-refractivity contribution in [3.8, 4) is 5.75 Å². The monoisotopic (exact) mass is 309 g/mol. The highest BCUT2D eigenvalue weighted by molar-refractivity contribution is 5.76. The minimum absolute atomic E-state index is 0.0989. The molecule has 2 heterocycles. The Morgan fingerprint density at radius 2 is 2.41 bits per heavy atom. The normalized spacial score (nSPS) is 28.4. The van der Waals surface area contributed by atoms with Crippen molar-refractivity contribution in [3.63, 3.8) is 0 Å². The van der Waals surface area contributed by atoms with E-state index in [2.05, 4.69) is 4.90 Å². The van der Waals surface area contributed by atoms with E-state index in [-0.39, 0.29) is 18.3 Å². The van der Waals surface area contributed by atoms with Gasteiger partial charge >= 0.3 is 5.97 Å². The maximum atomic E-state index is 13.8. The van der Waals surface area contributed by atoms with E-state index in [0.29, 0.717) is 26.2 Å². The third-order valence-electron chi connectivity index (χ3n) is 4.78. The zero-order valence-corrected chi connectivity index (χ0v) is 12.5. The van der Waals surface area contributed by atoms with E-state index in [9.17, 15) is 14.3 Å². The van der Waals surface area contributed by atoms with Gasteiger partial charge in [-0.15, -0.1) is 0 Å². The summed E-state index contributed by atoms with van der Waals surface area (Å²) in [6.45, 7) is 2.57. The van der Waals surface area contributed by atoms with Crippen LogP contribution < -0.4 is 4.74 Å². The van der Waals surface area contributed by atoms with Crippen molar-refractivity contribution in [3.05, 3.63) is 29.6 Å². The SMILES string of the molecule is COc1ccc(CN2C[C@@H]3CCOC[C@]3(C(=O)O)C2)cc1F. The van der Waals surface area contributed by atoms with Crippen LogP contribution in [0.3, 0.4) is 0 Å². The van der Waals surface area contributed by atoms with Crippen molar-refractivity contribution in [2.75, 3.05) is 33.4 Å². The number of likely N-dealkylation sites (tertiary alicyclic amines) is 1. The predicted molar refractivity (Wildman–Crippen MR) is 77.2 cm³/mol. The molecule has 1 N–H and O–H groups in total. The Labute approximate surface area is 128 Å². The van der Waals surface area contributed by atoms with Crippen LogP contribution in [0.5, 0.6) is 5.75 Å². The molecule has 2 aliphatic rings. The fraction of sp³-hybridized carbons (Fsp3) is 0.562. The molecule has 0 aromatic heterocycles. The molecule has 0 saturated carbocycles. The zero-order valence-electron chi connectivity index (χ0n) is 12.5. The summed E-state index contributed by atoms with van der Waals surface area (Å²) < 4.78 is 24.1. The zero-order chi connectivity index (χ0) is 15.7. The number of rotatable bonds is 4. The predicted octanol–water partition coefficient (Wildman–Crippen LogP) is 1.76. The van der Waals surface area contributed by atoms with Gasteiger partial charge < -0.3 is 14.6 Å². The van der Waals surface area contributed by atoms with E-state index in [0.717, 1.165) is 12.0 Å². The van der Waals surface area contributed by atoms with Crippen LogP contribution >= 0.6 is 0 Å². The number of hydrogen-bond donors (Lipinski definition) is 1. The molecular weight excluding hydrogens is 289 g/mol. The Hall–Kier alpha value is -1.66. The van der Waals surface area contributed by atoms with Crippen molar-refractivity contribution in [1.82, 2.24) is 4.90 Å². The summed E-state index contributed by atoms with van der Waals surface area (Å²) in [5, 5.41) is 9.61. The van der Waals surface area contributed by atoms with Crippen LogP contribution in [0.15, 0.2) is 18.2 Å². The molecule has 0 unspecified atom stereocenters. The minimum Gasteiger partial charge on any atom is -0.494 e. The molecule has 0 spiro atoms. The number of aliphatic carboxylic acids is 1. The van der Waals surface area contributed by atoms with Gasteiger partial charge in [-0.2, -0.15) is 0 Å². The third-order valence-corrected chi connectivity index (χ3v) is 4.78. The highest BCUT2D eigenvalue weighted by atomic mass is 19.1. The van der Waals surface area contributed by atoms with Gasteiger partial charge in [0.1, 0.15) is 5.41 Å². The lowest BCUT2D eigenvalue weighted by atomic mass is 9.76. The van der Waals surface area contributed by atoms with Gasteiger partial charge in [0.15, 0.2) is 11.6 Å². The van der Waals surface area contributed by atoms with Crippen LogP contribution in [-0.2, 0) is 16.1 Å². The van der Waals surface area contributed by atoms with Gasteiger partial charge in [0.2, 0.25) is 0 Å². The summed E-state index contributed by atoms with van der Waals surface area (Å²) in [6, 6.07) is 4.86. The molecule has 5 nitrogen and oxygen atoms in total. The van der Waals surface area contributed by atoms with Crippen LogP contribution in [0.1, 0.15) is 12.0 Å². The number of hydrogen-bond acceptors (Lipinski definition) is 4. The van der Waals surface area contributed by atoms with Crippen molar-refractivity contribution in [1.29, 1.82) is 0 Å². The van der Waals surface area contributed by atoms with Crippen molar-refractivity contribution < 1.29 is 23.8 Å².